The average Bonchev–Trinajstić information content (AvgIpc) is 2.59. The zero-order valence-corrected chi connectivity index (χ0v) is 8.04. The van der Waals surface area contributed by atoms with E-state index in [1.807, 2.05) is 19.2 Å². The Morgan fingerprint density at radius 3 is 3.29 bits per heavy atom. The minimum atomic E-state index is 0.588. The topological polar surface area (TPSA) is 35.3 Å². The van der Waals surface area contributed by atoms with Crippen LogP contribution in [0.1, 0.15) is 16.9 Å². The van der Waals surface area contributed by atoms with E-state index in [0.717, 1.165) is 35.5 Å². The Morgan fingerprint density at radius 1 is 1.43 bits per heavy atom. The molecule has 0 saturated heterocycles. The van der Waals surface area contributed by atoms with E-state index in [1.165, 1.54) is 5.56 Å². The number of ether oxygens (including phenoxy) is 1. The lowest BCUT2D eigenvalue weighted by Crippen LogP contribution is -2.07. The standard InChI is InChI=1S/C11H11NO2/c1-7-2-4-12-10-8-3-5-13-6-9(8)14-11(7)10/h2,4H,3,5-6H2,1H3. The van der Waals surface area contributed by atoms with Crippen LogP contribution in [0.5, 0.6) is 0 Å². The van der Waals surface area contributed by atoms with Gasteiger partial charge >= 0.3 is 0 Å². The summed E-state index contributed by atoms with van der Waals surface area (Å²) in [7, 11) is 0. The van der Waals surface area contributed by atoms with Gasteiger partial charge in [-0.1, -0.05) is 0 Å². The summed E-state index contributed by atoms with van der Waals surface area (Å²) in [5.41, 5.74) is 4.31. The minimum absolute atomic E-state index is 0.588. The van der Waals surface area contributed by atoms with Crippen LogP contribution in [0.4, 0.5) is 0 Å². The highest BCUT2D eigenvalue weighted by molar-refractivity contribution is 5.80. The van der Waals surface area contributed by atoms with Gasteiger partial charge in [-0.3, -0.25) is 4.98 Å². The maximum Gasteiger partial charge on any atom is 0.156 e. The van der Waals surface area contributed by atoms with Gasteiger partial charge < -0.3 is 9.15 Å². The van der Waals surface area contributed by atoms with Gasteiger partial charge in [0.05, 0.1) is 6.61 Å². The molecule has 1 aliphatic heterocycles. The van der Waals surface area contributed by atoms with Gasteiger partial charge in [-0.25, -0.2) is 0 Å². The highest BCUT2D eigenvalue weighted by Gasteiger charge is 2.19. The zero-order valence-electron chi connectivity index (χ0n) is 8.04. The van der Waals surface area contributed by atoms with Gasteiger partial charge in [0.25, 0.3) is 0 Å². The van der Waals surface area contributed by atoms with Crippen LogP contribution in [-0.4, -0.2) is 11.6 Å². The predicted octanol–water partition coefficient (Wildman–Crippen LogP) is 2.21. The highest BCUT2D eigenvalue weighted by Crippen LogP contribution is 2.29. The monoisotopic (exact) mass is 189 g/mol. The second-order valence-corrected chi connectivity index (χ2v) is 3.61. The molecule has 0 bridgehead atoms. The van der Waals surface area contributed by atoms with Crippen LogP contribution < -0.4 is 0 Å². The number of hydrogen-bond donors (Lipinski definition) is 0. The van der Waals surface area contributed by atoms with Gasteiger partial charge in [-0.2, -0.15) is 0 Å². The molecule has 3 rings (SSSR count). The number of aromatic nitrogens is 1. The first kappa shape index (κ1) is 8.00. The fourth-order valence-corrected chi connectivity index (χ4v) is 1.92. The number of nitrogens with zero attached hydrogens (tertiary/aromatic N) is 1. The van der Waals surface area contributed by atoms with Crippen LogP contribution in [0.15, 0.2) is 16.7 Å². The van der Waals surface area contributed by atoms with Crippen molar-refractivity contribution in [1.82, 2.24) is 4.98 Å². The molecule has 72 valence electrons. The molecule has 0 radical (unpaired) electrons. The summed E-state index contributed by atoms with van der Waals surface area (Å²) >= 11 is 0. The molecular weight excluding hydrogens is 178 g/mol. The molecule has 0 amide bonds. The van der Waals surface area contributed by atoms with E-state index >= 15 is 0 Å². The maximum atomic E-state index is 5.73. The summed E-state index contributed by atoms with van der Waals surface area (Å²) in [6.45, 7) is 3.40. The second-order valence-electron chi connectivity index (χ2n) is 3.61. The number of furan rings is 1. The molecular formula is C11H11NO2. The maximum absolute atomic E-state index is 5.73. The highest BCUT2D eigenvalue weighted by atomic mass is 16.5. The van der Waals surface area contributed by atoms with Crippen molar-refractivity contribution in [2.24, 2.45) is 0 Å². The average molecular weight is 189 g/mol. The van der Waals surface area contributed by atoms with Gasteiger partial charge in [0.2, 0.25) is 0 Å². The van der Waals surface area contributed by atoms with E-state index in [0.29, 0.717) is 6.61 Å². The number of pyridine rings is 1. The smallest absolute Gasteiger partial charge is 0.156 e. The van der Waals surface area contributed by atoms with E-state index in [2.05, 4.69) is 4.98 Å². The van der Waals surface area contributed by atoms with Crippen molar-refractivity contribution in [3.63, 3.8) is 0 Å². The molecule has 14 heavy (non-hydrogen) atoms. The van der Waals surface area contributed by atoms with Crippen molar-refractivity contribution in [1.29, 1.82) is 0 Å². The SMILES string of the molecule is Cc1ccnc2c3c(oc12)COCC3. The van der Waals surface area contributed by atoms with Crippen LogP contribution in [0.25, 0.3) is 11.1 Å². The zero-order chi connectivity index (χ0) is 9.54. The predicted molar refractivity (Wildman–Crippen MR) is 52.1 cm³/mol. The molecule has 0 aromatic carbocycles. The first-order chi connectivity index (χ1) is 6.86. The normalized spacial score (nSPS) is 15.8. The molecule has 0 unspecified atom stereocenters. The third kappa shape index (κ3) is 0.990. The van der Waals surface area contributed by atoms with Crippen molar-refractivity contribution in [2.75, 3.05) is 6.61 Å². The van der Waals surface area contributed by atoms with Crippen LogP contribution in [-0.2, 0) is 17.8 Å². The number of aryl methyl sites for hydroxylation is 1. The fraction of sp³-hybridized carbons (Fsp3) is 0.364. The molecule has 3 nitrogen and oxygen atoms in total. The van der Waals surface area contributed by atoms with Crippen molar-refractivity contribution in [3.8, 4) is 0 Å². The summed E-state index contributed by atoms with van der Waals surface area (Å²) in [6.07, 6.45) is 2.75. The lowest BCUT2D eigenvalue weighted by atomic mass is 10.1. The van der Waals surface area contributed by atoms with E-state index < -0.39 is 0 Å². The minimum Gasteiger partial charge on any atom is -0.456 e. The van der Waals surface area contributed by atoms with E-state index in [-0.39, 0.29) is 0 Å². The second kappa shape index (κ2) is 2.82. The Hall–Kier alpha value is -1.35. The molecule has 2 aromatic heterocycles. The lowest BCUT2D eigenvalue weighted by molar-refractivity contribution is 0.0953. The van der Waals surface area contributed by atoms with Crippen LogP contribution in [0.2, 0.25) is 0 Å². The number of rotatable bonds is 0. The van der Waals surface area contributed by atoms with Gasteiger partial charge in [-0.15, -0.1) is 0 Å². The quantitative estimate of drug-likeness (QED) is 0.637. The van der Waals surface area contributed by atoms with Gasteiger partial charge in [0.15, 0.2) is 5.58 Å². The molecule has 0 N–H and O–H groups in total. The van der Waals surface area contributed by atoms with Crippen molar-refractivity contribution in [2.45, 2.75) is 20.0 Å². The van der Waals surface area contributed by atoms with Gasteiger partial charge in [0, 0.05) is 18.2 Å². The van der Waals surface area contributed by atoms with E-state index in [4.69, 9.17) is 9.15 Å². The molecule has 0 spiro atoms. The lowest BCUT2D eigenvalue weighted by Gasteiger charge is -2.09. The van der Waals surface area contributed by atoms with E-state index in [1.54, 1.807) is 0 Å². The Labute approximate surface area is 81.7 Å². The Bertz CT molecular complexity index is 487. The summed E-state index contributed by atoms with van der Waals surface area (Å²) in [4.78, 5) is 4.37. The Morgan fingerprint density at radius 2 is 2.36 bits per heavy atom. The van der Waals surface area contributed by atoms with Gasteiger partial charge in [-0.05, 0) is 18.6 Å². The molecule has 3 heterocycles. The largest absolute Gasteiger partial charge is 0.456 e. The van der Waals surface area contributed by atoms with Crippen LogP contribution >= 0.6 is 0 Å². The van der Waals surface area contributed by atoms with Crippen LogP contribution in [0, 0.1) is 6.92 Å². The Balaban J connectivity index is 2.36. The molecule has 2 aromatic rings. The molecule has 1 aliphatic rings. The summed E-state index contributed by atoms with van der Waals surface area (Å²) in [5.74, 6) is 0.952. The van der Waals surface area contributed by atoms with Crippen molar-refractivity contribution in [3.05, 3.63) is 29.2 Å². The first-order valence-corrected chi connectivity index (χ1v) is 4.80. The molecule has 0 saturated carbocycles. The van der Waals surface area contributed by atoms with Crippen LogP contribution in [0.3, 0.4) is 0 Å². The number of fused-ring (bicyclic) bond motifs is 3. The molecule has 3 heteroatoms. The Kier molecular flexibility index (Phi) is 1.61. The summed E-state index contributed by atoms with van der Waals surface area (Å²) in [6, 6.07) is 1.97. The molecule has 0 aliphatic carbocycles. The molecule has 0 fully saturated rings. The third-order valence-electron chi connectivity index (χ3n) is 2.68. The molecule has 0 atom stereocenters. The van der Waals surface area contributed by atoms with Crippen molar-refractivity contribution >= 4 is 11.1 Å². The third-order valence-corrected chi connectivity index (χ3v) is 2.68. The van der Waals surface area contributed by atoms with Gasteiger partial charge in [0.1, 0.15) is 17.9 Å². The van der Waals surface area contributed by atoms with Crippen molar-refractivity contribution < 1.29 is 9.15 Å². The summed E-state index contributed by atoms with van der Waals surface area (Å²) in [5, 5.41) is 0. The number of hydrogen-bond acceptors (Lipinski definition) is 3. The first-order valence-electron chi connectivity index (χ1n) is 4.80. The van der Waals surface area contributed by atoms with E-state index in [9.17, 15) is 0 Å². The fourth-order valence-electron chi connectivity index (χ4n) is 1.92. The summed E-state index contributed by atoms with van der Waals surface area (Å²) < 4.78 is 11.1.